The summed E-state index contributed by atoms with van der Waals surface area (Å²) in [4.78, 5) is 2.86. The zero-order chi connectivity index (χ0) is 13.2. The first-order valence-electron chi connectivity index (χ1n) is 6.24. The molecule has 5 nitrogen and oxygen atoms in total. The summed E-state index contributed by atoms with van der Waals surface area (Å²) >= 11 is 0. The first-order valence-corrected chi connectivity index (χ1v) is 6.24. The summed E-state index contributed by atoms with van der Waals surface area (Å²) in [6.45, 7) is 3.18. The van der Waals surface area contributed by atoms with Crippen LogP contribution in [0.5, 0.6) is 5.75 Å². The number of para-hydroxylation sites is 1. The first-order chi connectivity index (χ1) is 9.29. The van der Waals surface area contributed by atoms with Crippen molar-refractivity contribution in [1.29, 1.82) is 0 Å². The van der Waals surface area contributed by atoms with Gasteiger partial charge in [-0.3, -0.25) is 0 Å². The van der Waals surface area contributed by atoms with E-state index in [1.165, 1.54) is 11.3 Å². The Bertz CT molecular complexity index is 655. The molecule has 2 aromatic rings. The fraction of sp³-hybridized carbons (Fsp3) is 0.286. The van der Waals surface area contributed by atoms with Gasteiger partial charge in [-0.05, 0) is 23.7 Å². The second-order valence-corrected chi connectivity index (χ2v) is 4.68. The molecule has 2 heterocycles. The van der Waals surface area contributed by atoms with Gasteiger partial charge in [-0.2, -0.15) is 0 Å². The van der Waals surface area contributed by atoms with Gasteiger partial charge in [-0.25, -0.2) is 0 Å². The number of aromatic nitrogens is 1. The molecule has 0 amide bonds. The summed E-state index contributed by atoms with van der Waals surface area (Å²) in [6, 6.07) is 10.0. The Kier molecular flexibility index (Phi) is 2.89. The molecule has 0 unspecified atom stereocenters. The molecular weight excluding hydrogens is 240 g/mol. The van der Waals surface area contributed by atoms with Crippen LogP contribution in [-0.2, 0) is 13.2 Å². The molecule has 0 saturated heterocycles. The highest BCUT2D eigenvalue weighted by molar-refractivity contribution is 5.72. The molecule has 0 fully saturated rings. The molecule has 0 radical (unpaired) electrons. The average Bonchev–Trinajstić information content (AvgIpc) is 2.82. The number of hydrogen-bond acceptors (Lipinski definition) is 2. The lowest BCUT2D eigenvalue weighted by Gasteiger charge is -2.21. The smallest absolute Gasteiger partial charge is 0.129 e. The van der Waals surface area contributed by atoms with Crippen LogP contribution in [-0.4, -0.2) is 10.6 Å². The predicted molar refractivity (Wildman–Crippen MR) is 72.8 cm³/mol. The van der Waals surface area contributed by atoms with Crippen LogP contribution in [0.25, 0.3) is 21.7 Å². The quantitative estimate of drug-likeness (QED) is 0.467. The van der Waals surface area contributed by atoms with E-state index >= 15 is 0 Å². The third kappa shape index (κ3) is 2.04. The van der Waals surface area contributed by atoms with Crippen LogP contribution < -0.4 is 4.74 Å². The van der Waals surface area contributed by atoms with Gasteiger partial charge >= 0.3 is 0 Å². The lowest BCUT2D eigenvalue weighted by molar-refractivity contribution is 0.301. The molecule has 0 N–H and O–H groups in total. The largest absolute Gasteiger partial charge is 0.488 e. The minimum Gasteiger partial charge on any atom is -0.488 e. The Morgan fingerprint density at radius 1 is 1.42 bits per heavy atom. The number of benzene rings is 1. The molecule has 1 atom stereocenters. The van der Waals surface area contributed by atoms with Crippen LogP contribution >= 0.6 is 0 Å². The number of hydrogen-bond donors (Lipinski definition) is 0. The number of fused-ring (bicyclic) bond motifs is 3. The Balaban J connectivity index is 2.03. The minimum atomic E-state index is -0.0727. The summed E-state index contributed by atoms with van der Waals surface area (Å²) in [5.41, 5.74) is 11.9. The van der Waals surface area contributed by atoms with Crippen molar-refractivity contribution in [2.45, 2.75) is 26.1 Å². The van der Waals surface area contributed by atoms with E-state index in [0.29, 0.717) is 13.2 Å². The van der Waals surface area contributed by atoms with Crippen molar-refractivity contribution in [2.24, 2.45) is 5.11 Å². The van der Waals surface area contributed by atoms with Gasteiger partial charge in [0.05, 0.1) is 11.7 Å². The molecule has 5 heteroatoms. The Morgan fingerprint density at radius 3 is 3.11 bits per heavy atom. The van der Waals surface area contributed by atoms with E-state index in [4.69, 9.17) is 10.3 Å². The van der Waals surface area contributed by atoms with Gasteiger partial charge in [0, 0.05) is 28.8 Å². The highest BCUT2D eigenvalue weighted by atomic mass is 16.5. The van der Waals surface area contributed by atoms with Gasteiger partial charge in [-0.1, -0.05) is 24.2 Å². The maximum atomic E-state index is 8.49. The molecular formula is C14H14N4O. The molecule has 3 rings (SSSR count). The number of azide groups is 1. The molecule has 1 aliphatic rings. The van der Waals surface area contributed by atoms with Crippen molar-refractivity contribution >= 4 is 0 Å². The van der Waals surface area contributed by atoms with E-state index < -0.39 is 0 Å². The summed E-state index contributed by atoms with van der Waals surface area (Å²) in [6.07, 6.45) is 2.03. The van der Waals surface area contributed by atoms with Crippen molar-refractivity contribution in [3.63, 3.8) is 0 Å². The second-order valence-electron chi connectivity index (χ2n) is 4.68. The van der Waals surface area contributed by atoms with Gasteiger partial charge in [0.2, 0.25) is 0 Å². The fourth-order valence-corrected chi connectivity index (χ4v) is 2.47. The predicted octanol–water partition coefficient (Wildman–Crippen LogP) is 3.75. The number of nitrogens with zero attached hydrogens (tertiary/aromatic N) is 4. The topological polar surface area (TPSA) is 62.9 Å². The zero-order valence-electron chi connectivity index (χ0n) is 10.7. The van der Waals surface area contributed by atoms with Gasteiger partial charge in [0.15, 0.2) is 0 Å². The highest BCUT2D eigenvalue weighted by Crippen LogP contribution is 2.37. The molecule has 96 valence electrons. The Labute approximate surface area is 111 Å². The minimum absolute atomic E-state index is 0.0727. The molecule has 0 spiro atoms. The molecule has 0 saturated carbocycles. The molecule has 1 aromatic heterocycles. The third-order valence-electron chi connectivity index (χ3n) is 3.28. The van der Waals surface area contributed by atoms with Crippen LogP contribution in [0.4, 0.5) is 0 Å². The van der Waals surface area contributed by atoms with Gasteiger partial charge in [0.25, 0.3) is 0 Å². The Hall–Kier alpha value is -2.39. The average molecular weight is 254 g/mol. The van der Waals surface area contributed by atoms with Gasteiger partial charge in [0.1, 0.15) is 12.4 Å². The van der Waals surface area contributed by atoms with Crippen molar-refractivity contribution < 1.29 is 4.74 Å². The maximum Gasteiger partial charge on any atom is 0.129 e. The van der Waals surface area contributed by atoms with Crippen molar-refractivity contribution in [1.82, 2.24) is 4.57 Å². The third-order valence-corrected chi connectivity index (χ3v) is 3.28. The Morgan fingerprint density at radius 2 is 2.26 bits per heavy atom. The van der Waals surface area contributed by atoms with Crippen LogP contribution in [0.15, 0.2) is 41.6 Å². The number of rotatable bonds is 3. The summed E-state index contributed by atoms with van der Waals surface area (Å²) in [7, 11) is 0. The summed E-state index contributed by atoms with van der Waals surface area (Å²) in [5.74, 6) is 0.909. The van der Waals surface area contributed by atoms with Crippen LogP contribution in [0.1, 0.15) is 12.5 Å². The van der Waals surface area contributed by atoms with E-state index in [9.17, 15) is 0 Å². The fourth-order valence-electron chi connectivity index (χ4n) is 2.47. The van der Waals surface area contributed by atoms with E-state index in [1.807, 2.05) is 31.3 Å². The summed E-state index contributed by atoms with van der Waals surface area (Å²) in [5, 5.41) is 3.73. The lowest BCUT2D eigenvalue weighted by Crippen LogP contribution is -2.13. The first kappa shape index (κ1) is 11.7. The SMILES string of the molecule is C[C@@H](Cn1ccc2c1-c1ccccc1OC2)N=[N+]=[N-]. The normalized spacial score (nSPS) is 13.7. The van der Waals surface area contributed by atoms with Crippen molar-refractivity contribution in [3.05, 3.63) is 52.5 Å². The molecule has 19 heavy (non-hydrogen) atoms. The molecule has 0 bridgehead atoms. The van der Waals surface area contributed by atoms with E-state index in [2.05, 4.69) is 26.7 Å². The van der Waals surface area contributed by atoms with E-state index in [0.717, 1.165) is 11.3 Å². The van der Waals surface area contributed by atoms with Crippen LogP contribution in [0.2, 0.25) is 0 Å². The summed E-state index contributed by atoms with van der Waals surface area (Å²) < 4.78 is 7.86. The maximum absolute atomic E-state index is 8.49. The highest BCUT2D eigenvalue weighted by Gasteiger charge is 2.20. The van der Waals surface area contributed by atoms with E-state index in [-0.39, 0.29) is 6.04 Å². The molecule has 1 aromatic carbocycles. The van der Waals surface area contributed by atoms with Gasteiger partial charge < -0.3 is 9.30 Å². The number of ether oxygens (including phenoxy) is 1. The monoisotopic (exact) mass is 254 g/mol. The van der Waals surface area contributed by atoms with Crippen molar-refractivity contribution in [2.75, 3.05) is 0 Å². The van der Waals surface area contributed by atoms with Crippen LogP contribution in [0, 0.1) is 0 Å². The molecule has 1 aliphatic heterocycles. The van der Waals surface area contributed by atoms with Crippen LogP contribution in [0.3, 0.4) is 0 Å². The standard InChI is InChI=1S/C14H14N4O/c1-10(16-17-15)8-18-7-6-11-9-19-13-5-3-2-4-12(13)14(11)18/h2-7,10H,8-9H2,1H3/t10-/m0/s1. The van der Waals surface area contributed by atoms with Crippen molar-refractivity contribution in [3.8, 4) is 17.0 Å². The zero-order valence-corrected chi connectivity index (χ0v) is 10.7. The van der Waals surface area contributed by atoms with Gasteiger partial charge in [-0.15, -0.1) is 0 Å². The lowest BCUT2D eigenvalue weighted by atomic mass is 10.0. The second kappa shape index (κ2) is 4.71. The van der Waals surface area contributed by atoms with E-state index in [1.54, 1.807) is 0 Å². The molecule has 0 aliphatic carbocycles.